The highest BCUT2D eigenvalue weighted by atomic mass is 16.2. The average molecular weight is 239 g/mol. The number of amides is 2. The van der Waals surface area contributed by atoms with Crippen LogP contribution in [0.5, 0.6) is 0 Å². The zero-order valence-corrected chi connectivity index (χ0v) is 10.4. The molecule has 2 N–H and O–H groups in total. The molecule has 1 unspecified atom stereocenters. The van der Waals surface area contributed by atoms with E-state index in [1.165, 1.54) is 0 Å². The van der Waals surface area contributed by atoms with Crippen molar-refractivity contribution in [1.82, 2.24) is 15.5 Å². The topological polar surface area (TPSA) is 61.4 Å². The first kappa shape index (κ1) is 12.4. The van der Waals surface area contributed by atoms with Crippen LogP contribution >= 0.6 is 0 Å². The van der Waals surface area contributed by atoms with Gasteiger partial charge in [0.2, 0.25) is 11.8 Å². The summed E-state index contributed by atoms with van der Waals surface area (Å²) in [6.45, 7) is 3.75. The Hall–Kier alpha value is -1.10. The SMILES string of the molecule is CC(NC(=O)CNC1CC1)C(=O)N1CCCC1. The Balaban J connectivity index is 1.68. The van der Waals surface area contributed by atoms with E-state index in [0.717, 1.165) is 38.8 Å². The highest BCUT2D eigenvalue weighted by Crippen LogP contribution is 2.17. The molecule has 2 rings (SSSR count). The second kappa shape index (κ2) is 5.49. The van der Waals surface area contributed by atoms with E-state index in [2.05, 4.69) is 10.6 Å². The van der Waals surface area contributed by atoms with Crippen LogP contribution in [0.3, 0.4) is 0 Å². The summed E-state index contributed by atoms with van der Waals surface area (Å²) in [5.41, 5.74) is 0. The molecular formula is C12H21N3O2. The molecule has 5 heteroatoms. The molecule has 2 aliphatic rings. The lowest BCUT2D eigenvalue weighted by Crippen LogP contribution is -2.48. The predicted octanol–water partition coefficient (Wildman–Crippen LogP) is -0.134. The van der Waals surface area contributed by atoms with E-state index < -0.39 is 6.04 Å². The first-order valence-corrected chi connectivity index (χ1v) is 6.48. The second-order valence-electron chi connectivity index (χ2n) is 4.98. The molecule has 1 atom stereocenters. The molecule has 1 aliphatic carbocycles. The van der Waals surface area contributed by atoms with Gasteiger partial charge in [0.25, 0.3) is 0 Å². The van der Waals surface area contributed by atoms with Gasteiger partial charge in [-0.2, -0.15) is 0 Å². The van der Waals surface area contributed by atoms with E-state index in [0.29, 0.717) is 12.6 Å². The smallest absolute Gasteiger partial charge is 0.244 e. The first-order chi connectivity index (χ1) is 8.16. The Kier molecular flexibility index (Phi) is 3.99. The molecule has 2 fully saturated rings. The summed E-state index contributed by atoms with van der Waals surface area (Å²) >= 11 is 0. The summed E-state index contributed by atoms with van der Waals surface area (Å²) in [6, 6.07) is 0.118. The van der Waals surface area contributed by atoms with Crippen LogP contribution in [-0.2, 0) is 9.59 Å². The van der Waals surface area contributed by atoms with Gasteiger partial charge >= 0.3 is 0 Å². The standard InChI is InChI=1S/C12H21N3O2/c1-9(12(17)15-6-2-3-7-15)14-11(16)8-13-10-4-5-10/h9-10,13H,2-8H2,1H3,(H,14,16). The Morgan fingerprint density at radius 2 is 1.94 bits per heavy atom. The largest absolute Gasteiger partial charge is 0.343 e. The quantitative estimate of drug-likeness (QED) is 0.702. The molecule has 0 aromatic rings. The number of carbonyl (C=O) groups is 2. The van der Waals surface area contributed by atoms with Crippen molar-refractivity contribution in [2.45, 2.75) is 44.7 Å². The number of hydrogen-bond acceptors (Lipinski definition) is 3. The minimum atomic E-state index is -0.401. The lowest BCUT2D eigenvalue weighted by Gasteiger charge is -2.21. The van der Waals surface area contributed by atoms with Gasteiger partial charge in [0, 0.05) is 19.1 Å². The van der Waals surface area contributed by atoms with E-state index in [1.807, 2.05) is 4.90 Å². The molecule has 0 aromatic heterocycles. The number of likely N-dealkylation sites (tertiary alicyclic amines) is 1. The van der Waals surface area contributed by atoms with Crippen molar-refractivity contribution < 1.29 is 9.59 Å². The lowest BCUT2D eigenvalue weighted by molar-refractivity contribution is -0.134. The van der Waals surface area contributed by atoms with E-state index >= 15 is 0 Å². The van der Waals surface area contributed by atoms with Gasteiger partial charge < -0.3 is 15.5 Å². The Bertz CT molecular complexity index is 296. The predicted molar refractivity (Wildman–Crippen MR) is 64.4 cm³/mol. The van der Waals surface area contributed by atoms with Crippen molar-refractivity contribution in [2.24, 2.45) is 0 Å². The van der Waals surface area contributed by atoms with Gasteiger partial charge in [-0.1, -0.05) is 0 Å². The van der Waals surface area contributed by atoms with Gasteiger partial charge in [-0.05, 0) is 32.6 Å². The Morgan fingerprint density at radius 1 is 1.29 bits per heavy atom. The summed E-state index contributed by atoms with van der Waals surface area (Å²) in [4.78, 5) is 25.3. The van der Waals surface area contributed by atoms with Gasteiger partial charge in [0.1, 0.15) is 6.04 Å². The highest BCUT2D eigenvalue weighted by molar-refractivity contribution is 5.88. The maximum Gasteiger partial charge on any atom is 0.244 e. The minimum absolute atomic E-state index is 0.0438. The van der Waals surface area contributed by atoms with Crippen molar-refractivity contribution in [3.63, 3.8) is 0 Å². The molecule has 1 aliphatic heterocycles. The zero-order valence-electron chi connectivity index (χ0n) is 10.4. The molecule has 1 heterocycles. The van der Waals surface area contributed by atoms with E-state index in [4.69, 9.17) is 0 Å². The number of carbonyl (C=O) groups excluding carboxylic acids is 2. The van der Waals surface area contributed by atoms with Crippen molar-refractivity contribution in [3.05, 3.63) is 0 Å². The highest BCUT2D eigenvalue weighted by Gasteiger charge is 2.25. The van der Waals surface area contributed by atoms with Crippen LogP contribution in [0.1, 0.15) is 32.6 Å². The average Bonchev–Trinajstić information content (AvgIpc) is 2.98. The Labute approximate surface area is 102 Å². The van der Waals surface area contributed by atoms with Crippen molar-refractivity contribution in [3.8, 4) is 0 Å². The number of nitrogens with zero attached hydrogens (tertiary/aromatic N) is 1. The fraction of sp³-hybridized carbons (Fsp3) is 0.833. The molecule has 1 saturated carbocycles. The van der Waals surface area contributed by atoms with E-state index in [9.17, 15) is 9.59 Å². The molecule has 5 nitrogen and oxygen atoms in total. The lowest BCUT2D eigenvalue weighted by atomic mass is 10.3. The van der Waals surface area contributed by atoms with Gasteiger partial charge in [-0.3, -0.25) is 9.59 Å². The van der Waals surface area contributed by atoms with Crippen molar-refractivity contribution >= 4 is 11.8 Å². The summed E-state index contributed by atoms with van der Waals surface area (Å²) in [6.07, 6.45) is 4.48. The van der Waals surface area contributed by atoms with Crippen LogP contribution in [-0.4, -0.2) is 48.4 Å². The first-order valence-electron chi connectivity index (χ1n) is 6.48. The van der Waals surface area contributed by atoms with Crippen LogP contribution in [0, 0.1) is 0 Å². The Morgan fingerprint density at radius 3 is 2.53 bits per heavy atom. The maximum absolute atomic E-state index is 11.9. The zero-order chi connectivity index (χ0) is 12.3. The van der Waals surface area contributed by atoms with Gasteiger partial charge in [0.15, 0.2) is 0 Å². The van der Waals surface area contributed by atoms with E-state index in [1.54, 1.807) is 6.92 Å². The van der Waals surface area contributed by atoms with E-state index in [-0.39, 0.29) is 11.8 Å². The summed E-state index contributed by atoms with van der Waals surface area (Å²) in [5.74, 6) is -0.0424. The van der Waals surface area contributed by atoms with Gasteiger partial charge in [-0.15, -0.1) is 0 Å². The van der Waals surface area contributed by atoms with Crippen LogP contribution in [0.4, 0.5) is 0 Å². The summed E-state index contributed by atoms with van der Waals surface area (Å²) < 4.78 is 0. The fourth-order valence-corrected chi connectivity index (χ4v) is 2.09. The summed E-state index contributed by atoms with van der Waals surface area (Å²) in [7, 11) is 0. The molecule has 17 heavy (non-hydrogen) atoms. The molecule has 0 aromatic carbocycles. The molecule has 96 valence electrons. The van der Waals surface area contributed by atoms with Crippen molar-refractivity contribution in [2.75, 3.05) is 19.6 Å². The van der Waals surface area contributed by atoms with Crippen LogP contribution < -0.4 is 10.6 Å². The third-order valence-corrected chi connectivity index (χ3v) is 3.29. The van der Waals surface area contributed by atoms with Gasteiger partial charge in [0.05, 0.1) is 6.54 Å². The molecule has 0 radical (unpaired) electrons. The van der Waals surface area contributed by atoms with Gasteiger partial charge in [-0.25, -0.2) is 0 Å². The molecular weight excluding hydrogens is 218 g/mol. The number of nitrogens with one attached hydrogen (secondary N) is 2. The number of hydrogen-bond donors (Lipinski definition) is 2. The second-order valence-corrected chi connectivity index (χ2v) is 4.98. The third kappa shape index (κ3) is 3.70. The minimum Gasteiger partial charge on any atom is -0.343 e. The number of rotatable bonds is 5. The van der Waals surface area contributed by atoms with Crippen LogP contribution in [0.25, 0.3) is 0 Å². The molecule has 2 amide bonds. The third-order valence-electron chi connectivity index (χ3n) is 3.29. The molecule has 0 spiro atoms. The van der Waals surface area contributed by atoms with Crippen molar-refractivity contribution in [1.29, 1.82) is 0 Å². The maximum atomic E-state index is 11.9. The fourth-order valence-electron chi connectivity index (χ4n) is 2.09. The summed E-state index contributed by atoms with van der Waals surface area (Å²) in [5, 5.41) is 5.88. The molecule has 0 bridgehead atoms. The van der Waals surface area contributed by atoms with Crippen LogP contribution in [0.2, 0.25) is 0 Å². The van der Waals surface area contributed by atoms with Crippen LogP contribution in [0.15, 0.2) is 0 Å². The monoisotopic (exact) mass is 239 g/mol. The normalized spacial score (nSPS) is 21.4. The molecule has 1 saturated heterocycles.